The van der Waals surface area contributed by atoms with E-state index in [0.717, 1.165) is 5.69 Å². The fourth-order valence-corrected chi connectivity index (χ4v) is 2.55. The van der Waals surface area contributed by atoms with E-state index in [1.807, 2.05) is 24.1 Å². The van der Waals surface area contributed by atoms with Crippen LogP contribution in [0.1, 0.15) is 11.1 Å². The molecule has 2 aromatic carbocycles. The van der Waals surface area contributed by atoms with Crippen LogP contribution in [0.2, 0.25) is 0 Å². The SMILES string of the molecule is COc1ccc(OC)c(NC(=O)CN(C)c2cccc(C)c2C)c1. The van der Waals surface area contributed by atoms with Gasteiger partial charge in [0, 0.05) is 18.8 Å². The molecular formula is C19H24N2O3. The average molecular weight is 328 g/mol. The van der Waals surface area contributed by atoms with Gasteiger partial charge in [-0.3, -0.25) is 4.79 Å². The van der Waals surface area contributed by atoms with Gasteiger partial charge in [-0.25, -0.2) is 0 Å². The van der Waals surface area contributed by atoms with Gasteiger partial charge in [-0.15, -0.1) is 0 Å². The summed E-state index contributed by atoms with van der Waals surface area (Å²) >= 11 is 0. The highest BCUT2D eigenvalue weighted by Crippen LogP contribution is 2.29. The molecule has 5 nitrogen and oxygen atoms in total. The topological polar surface area (TPSA) is 50.8 Å². The smallest absolute Gasteiger partial charge is 0.243 e. The van der Waals surface area contributed by atoms with Crippen molar-refractivity contribution in [3.05, 3.63) is 47.5 Å². The zero-order valence-corrected chi connectivity index (χ0v) is 14.8. The second kappa shape index (κ2) is 7.73. The number of carbonyl (C=O) groups is 1. The number of nitrogens with one attached hydrogen (secondary N) is 1. The first-order valence-corrected chi connectivity index (χ1v) is 7.75. The molecule has 1 N–H and O–H groups in total. The van der Waals surface area contributed by atoms with E-state index in [9.17, 15) is 4.79 Å². The molecule has 0 aliphatic rings. The minimum absolute atomic E-state index is 0.120. The zero-order valence-electron chi connectivity index (χ0n) is 14.8. The van der Waals surface area contributed by atoms with Crippen LogP contribution in [0.15, 0.2) is 36.4 Å². The van der Waals surface area contributed by atoms with Crippen LogP contribution in [0, 0.1) is 13.8 Å². The number of anilines is 2. The van der Waals surface area contributed by atoms with Crippen LogP contribution in [0.25, 0.3) is 0 Å². The Hall–Kier alpha value is -2.69. The number of rotatable bonds is 6. The third kappa shape index (κ3) is 3.98. The second-order valence-corrected chi connectivity index (χ2v) is 5.69. The molecule has 0 bridgehead atoms. The molecule has 0 spiro atoms. The highest BCUT2D eigenvalue weighted by atomic mass is 16.5. The van der Waals surface area contributed by atoms with E-state index in [2.05, 4.69) is 25.2 Å². The highest BCUT2D eigenvalue weighted by Gasteiger charge is 2.13. The van der Waals surface area contributed by atoms with Gasteiger partial charge >= 0.3 is 0 Å². The summed E-state index contributed by atoms with van der Waals surface area (Å²) in [6, 6.07) is 11.4. The van der Waals surface area contributed by atoms with Gasteiger partial charge in [-0.2, -0.15) is 0 Å². The lowest BCUT2D eigenvalue weighted by Crippen LogP contribution is -2.30. The number of hydrogen-bond donors (Lipinski definition) is 1. The Balaban J connectivity index is 2.12. The molecule has 0 aliphatic heterocycles. The molecule has 0 saturated heterocycles. The Morgan fingerprint density at radius 3 is 2.54 bits per heavy atom. The van der Waals surface area contributed by atoms with Gasteiger partial charge in [0.2, 0.25) is 5.91 Å². The number of ether oxygens (including phenoxy) is 2. The standard InChI is InChI=1S/C19H24N2O3/c1-13-7-6-8-17(14(13)2)21(3)12-19(22)20-16-11-15(23-4)9-10-18(16)24-5/h6-11H,12H2,1-5H3,(H,20,22). The van der Waals surface area contributed by atoms with Crippen molar-refractivity contribution in [2.45, 2.75) is 13.8 Å². The Morgan fingerprint density at radius 2 is 1.88 bits per heavy atom. The molecule has 0 unspecified atom stereocenters. The van der Waals surface area contributed by atoms with Gasteiger partial charge < -0.3 is 19.7 Å². The summed E-state index contributed by atoms with van der Waals surface area (Å²) in [6.07, 6.45) is 0. The fourth-order valence-electron chi connectivity index (χ4n) is 2.55. The molecule has 0 atom stereocenters. The van der Waals surface area contributed by atoms with Gasteiger partial charge in [0.25, 0.3) is 0 Å². The van der Waals surface area contributed by atoms with Gasteiger partial charge in [0.05, 0.1) is 26.5 Å². The Bertz CT molecular complexity index is 729. The van der Waals surface area contributed by atoms with Crippen LogP contribution in [0.5, 0.6) is 11.5 Å². The van der Waals surface area contributed by atoms with E-state index >= 15 is 0 Å². The van der Waals surface area contributed by atoms with Crippen LogP contribution in [-0.2, 0) is 4.79 Å². The maximum Gasteiger partial charge on any atom is 0.243 e. The Labute approximate surface area is 143 Å². The molecule has 0 fully saturated rings. The molecule has 2 aromatic rings. The van der Waals surface area contributed by atoms with Crippen molar-refractivity contribution in [1.82, 2.24) is 0 Å². The number of aryl methyl sites for hydroxylation is 1. The monoisotopic (exact) mass is 328 g/mol. The van der Waals surface area contributed by atoms with Crippen LogP contribution >= 0.6 is 0 Å². The summed E-state index contributed by atoms with van der Waals surface area (Å²) in [4.78, 5) is 14.3. The number of amides is 1. The fraction of sp³-hybridized carbons (Fsp3) is 0.316. The van der Waals surface area contributed by atoms with E-state index in [1.54, 1.807) is 32.4 Å². The highest BCUT2D eigenvalue weighted by molar-refractivity contribution is 5.95. The van der Waals surface area contributed by atoms with E-state index in [4.69, 9.17) is 9.47 Å². The lowest BCUT2D eigenvalue weighted by Gasteiger charge is -2.22. The van der Waals surface area contributed by atoms with Crippen molar-refractivity contribution in [2.75, 3.05) is 38.0 Å². The molecule has 0 saturated carbocycles. The first-order valence-electron chi connectivity index (χ1n) is 7.75. The predicted octanol–water partition coefficient (Wildman–Crippen LogP) is 3.40. The predicted molar refractivity (Wildman–Crippen MR) is 97.4 cm³/mol. The quantitative estimate of drug-likeness (QED) is 0.883. The summed E-state index contributed by atoms with van der Waals surface area (Å²) in [7, 11) is 5.06. The maximum atomic E-state index is 12.4. The number of methoxy groups -OCH3 is 2. The summed E-state index contributed by atoms with van der Waals surface area (Å²) < 4.78 is 10.5. The first-order chi connectivity index (χ1) is 11.5. The lowest BCUT2D eigenvalue weighted by molar-refractivity contribution is -0.114. The number of carbonyl (C=O) groups excluding carboxylic acids is 1. The van der Waals surface area contributed by atoms with Gasteiger partial charge in [0.1, 0.15) is 11.5 Å². The minimum Gasteiger partial charge on any atom is -0.497 e. The minimum atomic E-state index is -0.120. The summed E-state index contributed by atoms with van der Waals surface area (Å²) in [5.41, 5.74) is 4.01. The lowest BCUT2D eigenvalue weighted by atomic mass is 10.1. The molecule has 24 heavy (non-hydrogen) atoms. The molecule has 1 amide bonds. The average Bonchev–Trinajstić information content (AvgIpc) is 2.56. The van der Waals surface area contributed by atoms with Gasteiger partial charge in [-0.05, 0) is 43.2 Å². The number of hydrogen-bond acceptors (Lipinski definition) is 4. The molecule has 128 valence electrons. The van der Waals surface area contributed by atoms with Gasteiger partial charge in [-0.1, -0.05) is 12.1 Å². The third-order valence-electron chi connectivity index (χ3n) is 4.05. The Kier molecular flexibility index (Phi) is 5.68. The van der Waals surface area contributed by atoms with E-state index < -0.39 is 0 Å². The van der Waals surface area contributed by atoms with E-state index in [-0.39, 0.29) is 12.5 Å². The molecule has 0 radical (unpaired) electrons. The van der Waals surface area contributed by atoms with E-state index in [1.165, 1.54) is 11.1 Å². The molecule has 0 heterocycles. The van der Waals surface area contributed by atoms with Gasteiger partial charge in [0.15, 0.2) is 0 Å². The van der Waals surface area contributed by atoms with Crippen LogP contribution in [0.3, 0.4) is 0 Å². The number of likely N-dealkylation sites (N-methyl/N-ethyl adjacent to an activating group) is 1. The summed E-state index contributed by atoms with van der Waals surface area (Å²) in [6.45, 7) is 4.36. The van der Waals surface area contributed by atoms with E-state index in [0.29, 0.717) is 17.2 Å². The van der Waals surface area contributed by atoms with Crippen LogP contribution < -0.4 is 19.7 Å². The van der Waals surface area contributed by atoms with Crippen LogP contribution in [-0.4, -0.2) is 33.7 Å². The van der Waals surface area contributed by atoms with Crippen molar-refractivity contribution in [3.8, 4) is 11.5 Å². The van der Waals surface area contributed by atoms with Crippen molar-refractivity contribution in [2.24, 2.45) is 0 Å². The largest absolute Gasteiger partial charge is 0.497 e. The first kappa shape index (κ1) is 17.7. The summed E-state index contributed by atoms with van der Waals surface area (Å²) in [5.74, 6) is 1.14. The molecule has 5 heteroatoms. The second-order valence-electron chi connectivity index (χ2n) is 5.69. The number of nitrogens with zero attached hydrogens (tertiary/aromatic N) is 1. The third-order valence-corrected chi connectivity index (χ3v) is 4.05. The van der Waals surface area contributed by atoms with Crippen molar-refractivity contribution >= 4 is 17.3 Å². The molecular weight excluding hydrogens is 304 g/mol. The zero-order chi connectivity index (χ0) is 17.7. The normalized spacial score (nSPS) is 10.2. The van der Waals surface area contributed by atoms with Crippen molar-refractivity contribution < 1.29 is 14.3 Å². The van der Waals surface area contributed by atoms with Crippen molar-refractivity contribution in [1.29, 1.82) is 0 Å². The molecule has 0 aromatic heterocycles. The van der Waals surface area contributed by atoms with Crippen molar-refractivity contribution in [3.63, 3.8) is 0 Å². The molecule has 0 aliphatic carbocycles. The Morgan fingerprint density at radius 1 is 1.12 bits per heavy atom. The van der Waals surface area contributed by atoms with Crippen LogP contribution in [0.4, 0.5) is 11.4 Å². The maximum absolute atomic E-state index is 12.4. The summed E-state index contributed by atoms with van der Waals surface area (Å²) in [5, 5.41) is 2.89. The number of benzene rings is 2. The molecule has 2 rings (SSSR count).